The normalized spacial score (nSPS) is 14.0. The third-order valence-corrected chi connectivity index (χ3v) is 3.07. The van der Waals surface area contributed by atoms with E-state index < -0.39 is 16.3 Å². The molecule has 0 aliphatic heterocycles. The maximum absolute atomic E-state index is 11.6. The van der Waals surface area contributed by atoms with Crippen molar-refractivity contribution in [2.24, 2.45) is 11.7 Å². The van der Waals surface area contributed by atoms with Gasteiger partial charge < -0.3 is 5.73 Å². The van der Waals surface area contributed by atoms with Gasteiger partial charge in [-0.3, -0.25) is 5.41 Å². The molecule has 0 saturated carbocycles. The number of amidine groups is 1. The minimum atomic E-state index is -3.56. The van der Waals surface area contributed by atoms with Crippen LogP contribution in [0.25, 0.3) is 0 Å². The van der Waals surface area contributed by atoms with Gasteiger partial charge in [0.25, 0.3) is 10.2 Å². The number of nitrogens with two attached hydrogens (primary N) is 1. The van der Waals surface area contributed by atoms with Crippen LogP contribution in [0.15, 0.2) is 0 Å². The van der Waals surface area contributed by atoms with Crippen LogP contribution in [-0.4, -0.2) is 26.8 Å². The molecule has 96 valence electrons. The number of hydrogen-bond donors (Lipinski definition) is 4. The van der Waals surface area contributed by atoms with Crippen LogP contribution in [-0.2, 0) is 10.2 Å². The maximum Gasteiger partial charge on any atom is 0.277 e. The van der Waals surface area contributed by atoms with Gasteiger partial charge in [-0.25, -0.2) is 4.72 Å². The van der Waals surface area contributed by atoms with Crippen LogP contribution in [0.5, 0.6) is 0 Å². The lowest BCUT2D eigenvalue weighted by Crippen LogP contribution is -2.49. The van der Waals surface area contributed by atoms with Gasteiger partial charge in [0.15, 0.2) is 0 Å². The minimum absolute atomic E-state index is 0.156. The van der Waals surface area contributed by atoms with Gasteiger partial charge in [0, 0.05) is 6.54 Å². The molecule has 1 unspecified atom stereocenters. The molecule has 0 heterocycles. The molecule has 0 amide bonds. The second-order valence-corrected chi connectivity index (χ2v) is 5.69. The fourth-order valence-electron chi connectivity index (χ4n) is 1.07. The zero-order valence-corrected chi connectivity index (χ0v) is 10.9. The van der Waals surface area contributed by atoms with Crippen molar-refractivity contribution in [2.45, 2.75) is 39.7 Å². The lowest BCUT2D eigenvalue weighted by atomic mass is 10.2. The fraction of sp³-hybridized carbons (Fsp3) is 0.889. The van der Waals surface area contributed by atoms with Gasteiger partial charge in [-0.2, -0.15) is 13.1 Å². The monoisotopic (exact) mass is 250 g/mol. The van der Waals surface area contributed by atoms with Gasteiger partial charge in [0.1, 0.15) is 5.84 Å². The molecule has 0 fully saturated rings. The molecule has 0 aliphatic carbocycles. The SMILES string of the molecule is CCCC(NS(=O)(=O)NCC(C)C)C(=N)N. The molecule has 0 aromatic heterocycles. The molecule has 0 aliphatic rings. The fourth-order valence-corrected chi connectivity index (χ4v) is 2.33. The third kappa shape index (κ3) is 6.76. The van der Waals surface area contributed by atoms with Crippen molar-refractivity contribution in [3.05, 3.63) is 0 Å². The van der Waals surface area contributed by atoms with E-state index in [9.17, 15) is 8.42 Å². The second-order valence-electron chi connectivity index (χ2n) is 4.16. The zero-order valence-electron chi connectivity index (χ0n) is 10.1. The average Bonchev–Trinajstić information content (AvgIpc) is 2.14. The van der Waals surface area contributed by atoms with Crippen molar-refractivity contribution in [3.8, 4) is 0 Å². The molecule has 0 saturated heterocycles. The first-order valence-corrected chi connectivity index (χ1v) is 6.87. The molecular weight excluding hydrogens is 228 g/mol. The van der Waals surface area contributed by atoms with Crippen molar-refractivity contribution < 1.29 is 8.42 Å². The Hall–Kier alpha value is -0.660. The van der Waals surface area contributed by atoms with Crippen molar-refractivity contribution in [1.82, 2.24) is 9.44 Å². The summed E-state index contributed by atoms with van der Waals surface area (Å²) < 4.78 is 27.9. The van der Waals surface area contributed by atoms with Crippen molar-refractivity contribution in [1.29, 1.82) is 5.41 Å². The van der Waals surface area contributed by atoms with Gasteiger partial charge in [-0.15, -0.1) is 0 Å². The summed E-state index contributed by atoms with van der Waals surface area (Å²) in [6, 6.07) is -0.616. The Morgan fingerprint density at radius 2 is 2.00 bits per heavy atom. The molecule has 0 rings (SSSR count). The van der Waals surface area contributed by atoms with Gasteiger partial charge in [-0.05, 0) is 12.3 Å². The molecule has 6 nitrogen and oxygen atoms in total. The molecule has 0 bridgehead atoms. The standard InChI is InChI=1S/C9H22N4O2S/c1-4-5-8(9(10)11)13-16(14,15)12-6-7(2)3/h7-8,12-13H,4-6H2,1-3H3,(H3,10,11). The Labute approximate surface area is 97.7 Å². The summed E-state index contributed by atoms with van der Waals surface area (Å²) in [7, 11) is -3.56. The first-order valence-electron chi connectivity index (χ1n) is 5.39. The lowest BCUT2D eigenvalue weighted by Gasteiger charge is -2.17. The summed E-state index contributed by atoms with van der Waals surface area (Å²) in [6.45, 7) is 6.10. The summed E-state index contributed by atoms with van der Waals surface area (Å²) in [5.41, 5.74) is 5.31. The molecule has 0 spiro atoms. The van der Waals surface area contributed by atoms with Crippen LogP contribution in [0.2, 0.25) is 0 Å². The van der Waals surface area contributed by atoms with Gasteiger partial charge in [-0.1, -0.05) is 27.2 Å². The maximum atomic E-state index is 11.6. The Kier molecular flexibility index (Phi) is 6.54. The molecular formula is C9H22N4O2S. The Morgan fingerprint density at radius 3 is 2.38 bits per heavy atom. The number of nitrogens with one attached hydrogen (secondary N) is 3. The van der Waals surface area contributed by atoms with Crippen LogP contribution in [0.4, 0.5) is 0 Å². The molecule has 1 atom stereocenters. The number of hydrogen-bond acceptors (Lipinski definition) is 3. The van der Waals surface area contributed by atoms with Crippen molar-refractivity contribution in [2.75, 3.05) is 6.54 Å². The average molecular weight is 250 g/mol. The van der Waals surface area contributed by atoms with Gasteiger partial charge in [0.2, 0.25) is 0 Å². The first-order chi connectivity index (χ1) is 7.28. The highest BCUT2D eigenvalue weighted by molar-refractivity contribution is 7.87. The topological polar surface area (TPSA) is 108 Å². The molecule has 0 aromatic carbocycles. The summed E-state index contributed by atoms with van der Waals surface area (Å²) in [5.74, 6) is 0.0790. The number of rotatable bonds is 8. The highest BCUT2D eigenvalue weighted by atomic mass is 32.2. The van der Waals surface area contributed by atoms with Crippen molar-refractivity contribution in [3.63, 3.8) is 0 Å². The molecule has 7 heteroatoms. The van der Waals surface area contributed by atoms with E-state index in [1.165, 1.54) is 0 Å². The van der Waals surface area contributed by atoms with E-state index in [0.717, 1.165) is 6.42 Å². The van der Waals surface area contributed by atoms with Crippen LogP contribution in [0.1, 0.15) is 33.6 Å². The molecule has 0 radical (unpaired) electrons. The Balaban J connectivity index is 4.36. The van der Waals surface area contributed by atoms with Crippen LogP contribution >= 0.6 is 0 Å². The van der Waals surface area contributed by atoms with E-state index in [-0.39, 0.29) is 11.8 Å². The predicted molar refractivity (Wildman–Crippen MR) is 65.5 cm³/mol. The highest BCUT2D eigenvalue weighted by Crippen LogP contribution is 1.98. The Morgan fingerprint density at radius 1 is 1.44 bits per heavy atom. The van der Waals surface area contributed by atoms with E-state index in [0.29, 0.717) is 13.0 Å². The van der Waals surface area contributed by atoms with Crippen LogP contribution in [0.3, 0.4) is 0 Å². The third-order valence-electron chi connectivity index (χ3n) is 1.93. The smallest absolute Gasteiger partial charge is 0.277 e. The zero-order chi connectivity index (χ0) is 12.8. The van der Waals surface area contributed by atoms with Crippen molar-refractivity contribution >= 4 is 16.0 Å². The first kappa shape index (κ1) is 15.3. The quantitative estimate of drug-likeness (QED) is 0.364. The second kappa shape index (κ2) is 6.82. The summed E-state index contributed by atoms with van der Waals surface area (Å²) in [6.07, 6.45) is 1.29. The molecule has 5 N–H and O–H groups in total. The van der Waals surface area contributed by atoms with E-state index in [1.54, 1.807) is 0 Å². The van der Waals surface area contributed by atoms with Gasteiger partial charge in [0.05, 0.1) is 6.04 Å². The molecule has 16 heavy (non-hydrogen) atoms. The Bertz CT molecular complexity index is 313. The van der Waals surface area contributed by atoms with Crippen LogP contribution in [0, 0.1) is 11.3 Å². The van der Waals surface area contributed by atoms with Crippen LogP contribution < -0.4 is 15.2 Å². The van der Waals surface area contributed by atoms with E-state index in [2.05, 4.69) is 9.44 Å². The summed E-state index contributed by atoms with van der Waals surface area (Å²) >= 11 is 0. The highest BCUT2D eigenvalue weighted by Gasteiger charge is 2.19. The van der Waals surface area contributed by atoms with E-state index in [1.807, 2.05) is 20.8 Å². The van der Waals surface area contributed by atoms with E-state index in [4.69, 9.17) is 11.1 Å². The summed E-state index contributed by atoms with van der Waals surface area (Å²) in [5, 5.41) is 7.27. The van der Waals surface area contributed by atoms with E-state index >= 15 is 0 Å². The molecule has 0 aromatic rings. The summed E-state index contributed by atoms with van der Waals surface area (Å²) in [4.78, 5) is 0. The largest absolute Gasteiger partial charge is 0.386 e. The predicted octanol–water partition coefficient (Wildman–Crippen LogP) is 0.171. The van der Waals surface area contributed by atoms with Gasteiger partial charge >= 0.3 is 0 Å². The lowest BCUT2D eigenvalue weighted by molar-refractivity contribution is 0.536. The minimum Gasteiger partial charge on any atom is -0.386 e.